The number of nitriles is 1. The van der Waals surface area contributed by atoms with Crippen LogP contribution in [0.3, 0.4) is 0 Å². The molecule has 76 valence electrons. The molecule has 0 saturated heterocycles. The number of hydrogen-bond acceptors (Lipinski definition) is 3. The van der Waals surface area contributed by atoms with Gasteiger partial charge >= 0.3 is 5.97 Å². The Kier molecular flexibility index (Phi) is 2.95. The van der Waals surface area contributed by atoms with E-state index in [9.17, 15) is 4.79 Å². The first-order chi connectivity index (χ1) is 6.53. The van der Waals surface area contributed by atoms with Crippen LogP contribution in [0.1, 0.15) is 33.1 Å². The van der Waals surface area contributed by atoms with Crippen molar-refractivity contribution in [1.82, 2.24) is 0 Å². The first kappa shape index (κ1) is 10.8. The third kappa shape index (κ3) is 1.79. The minimum atomic E-state index is -0.502. The van der Waals surface area contributed by atoms with Crippen LogP contribution in [-0.4, -0.2) is 13.1 Å². The predicted molar refractivity (Wildman–Crippen MR) is 52.3 cm³/mol. The van der Waals surface area contributed by atoms with E-state index >= 15 is 0 Å². The molecule has 0 aromatic rings. The maximum atomic E-state index is 11.3. The van der Waals surface area contributed by atoms with E-state index in [0.717, 1.165) is 24.8 Å². The number of nitrogens with zero attached hydrogens (tertiary/aromatic N) is 1. The van der Waals surface area contributed by atoms with Crippen molar-refractivity contribution in [3.05, 3.63) is 11.1 Å². The van der Waals surface area contributed by atoms with Crippen LogP contribution in [-0.2, 0) is 9.53 Å². The van der Waals surface area contributed by atoms with Crippen molar-refractivity contribution in [1.29, 1.82) is 5.26 Å². The van der Waals surface area contributed by atoms with Crippen molar-refractivity contribution in [2.24, 2.45) is 5.41 Å². The normalized spacial score (nSPS) is 22.7. The van der Waals surface area contributed by atoms with E-state index < -0.39 is 5.97 Å². The maximum Gasteiger partial charge on any atom is 0.348 e. The van der Waals surface area contributed by atoms with Crippen LogP contribution in [0.5, 0.6) is 0 Å². The molecule has 0 aromatic heterocycles. The van der Waals surface area contributed by atoms with Gasteiger partial charge in [0, 0.05) is 0 Å². The summed E-state index contributed by atoms with van der Waals surface area (Å²) in [6.07, 6.45) is 2.92. The highest BCUT2D eigenvalue weighted by atomic mass is 16.5. The molecule has 0 amide bonds. The fourth-order valence-corrected chi connectivity index (χ4v) is 2.00. The standard InChI is InChI=1S/C11H15NO2/c1-11(2)6-4-5-9(11)8(7-12)10(13)14-3/h4-6H2,1-3H3/b9-8-. The summed E-state index contributed by atoms with van der Waals surface area (Å²) >= 11 is 0. The third-order valence-electron chi connectivity index (χ3n) is 2.85. The van der Waals surface area contributed by atoms with Crippen molar-refractivity contribution in [3.63, 3.8) is 0 Å². The first-order valence-corrected chi connectivity index (χ1v) is 4.75. The summed E-state index contributed by atoms with van der Waals surface area (Å²) in [5.74, 6) is -0.502. The topological polar surface area (TPSA) is 50.1 Å². The molecular weight excluding hydrogens is 178 g/mol. The lowest BCUT2D eigenvalue weighted by atomic mass is 9.84. The Labute approximate surface area is 84.4 Å². The zero-order valence-corrected chi connectivity index (χ0v) is 8.89. The van der Waals surface area contributed by atoms with Crippen LogP contribution >= 0.6 is 0 Å². The number of ether oxygens (including phenoxy) is 1. The molecule has 3 heteroatoms. The highest BCUT2D eigenvalue weighted by Gasteiger charge is 2.33. The van der Waals surface area contributed by atoms with Crippen molar-refractivity contribution < 1.29 is 9.53 Å². The molecule has 0 bridgehead atoms. The zero-order chi connectivity index (χ0) is 10.8. The van der Waals surface area contributed by atoms with E-state index in [2.05, 4.69) is 18.6 Å². The molecule has 0 heterocycles. The number of methoxy groups -OCH3 is 1. The molecule has 0 unspecified atom stereocenters. The van der Waals surface area contributed by atoms with E-state index in [1.807, 2.05) is 6.07 Å². The molecule has 1 aliphatic carbocycles. The van der Waals surface area contributed by atoms with Crippen LogP contribution < -0.4 is 0 Å². The molecule has 1 saturated carbocycles. The summed E-state index contributed by atoms with van der Waals surface area (Å²) in [6, 6.07) is 1.96. The van der Waals surface area contributed by atoms with Crippen molar-refractivity contribution in [2.75, 3.05) is 7.11 Å². The molecule has 0 atom stereocenters. The van der Waals surface area contributed by atoms with E-state index in [4.69, 9.17) is 5.26 Å². The average molecular weight is 193 g/mol. The molecule has 14 heavy (non-hydrogen) atoms. The summed E-state index contributed by atoms with van der Waals surface area (Å²) in [6.45, 7) is 4.13. The average Bonchev–Trinajstić information content (AvgIpc) is 2.47. The highest BCUT2D eigenvalue weighted by molar-refractivity contribution is 5.93. The van der Waals surface area contributed by atoms with Gasteiger partial charge in [0.25, 0.3) is 0 Å². The minimum Gasteiger partial charge on any atom is -0.465 e. The second-order valence-corrected chi connectivity index (χ2v) is 4.19. The van der Waals surface area contributed by atoms with E-state index in [1.54, 1.807) is 0 Å². The maximum absolute atomic E-state index is 11.3. The minimum absolute atomic E-state index is 0.0285. The van der Waals surface area contributed by atoms with Gasteiger partial charge in [0.05, 0.1) is 7.11 Å². The first-order valence-electron chi connectivity index (χ1n) is 4.75. The van der Waals surface area contributed by atoms with Gasteiger partial charge < -0.3 is 4.74 Å². The number of carbonyl (C=O) groups is 1. The van der Waals surface area contributed by atoms with Crippen LogP contribution in [0.2, 0.25) is 0 Å². The van der Waals surface area contributed by atoms with Gasteiger partial charge in [-0.05, 0) is 30.3 Å². The Morgan fingerprint density at radius 1 is 1.57 bits per heavy atom. The number of hydrogen-bond donors (Lipinski definition) is 0. The second kappa shape index (κ2) is 3.83. The van der Waals surface area contributed by atoms with Crippen LogP contribution in [0.4, 0.5) is 0 Å². The lowest BCUT2D eigenvalue weighted by Gasteiger charge is -2.20. The third-order valence-corrected chi connectivity index (χ3v) is 2.85. The summed E-state index contributed by atoms with van der Waals surface area (Å²) < 4.78 is 4.59. The van der Waals surface area contributed by atoms with E-state index in [1.165, 1.54) is 7.11 Å². The Balaban J connectivity index is 3.13. The van der Waals surface area contributed by atoms with E-state index in [0.29, 0.717) is 0 Å². The van der Waals surface area contributed by atoms with Crippen molar-refractivity contribution in [2.45, 2.75) is 33.1 Å². The molecule has 0 aromatic carbocycles. The molecule has 0 radical (unpaired) electrons. The van der Waals surface area contributed by atoms with Gasteiger partial charge in [-0.25, -0.2) is 4.79 Å². The van der Waals surface area contributed by atoms with Gasteiger partial charge in [0.2, 0.25) is 0 Å². The Bertz CT molecular complexity index is 321. The van der Waals surface area contributed by atoms with Crippen molar-refractivity contribution >= 4 is 5.97 Å². The fraction of sp³-hybridized carbons (Fsp3) is 0.636. The van der Waals surface area contributed by atoms with Crippen LogP contribution in [0, 0.1) is 16.7 Å². The SMILES string of the molecule is COC(=O)/C(C#N)=C1/CCCC1(C)C. The molecule has 1 fully saturated rings. The molecule has 1 rings (SSSR count). The van der Waals surface area contributed by atoms with Crippen LogP contribution in [0.25, 0.3) is 0 Å². The summed E-state index contributed by atoms with van der Waals surface area (Å²) in [4.78, 5) is 11.3. The highest BCUT2D eigenvalue weighted by Crippen LogP contribution is 2.43. The summed E-state index contributed by atoms with van der Waals surface area (Å²) in [5.41, 5.74) is 1.13. The van der Waals surface area contributed by atoms with Gasteiger partial charge in [-0.3, -0.25) is 0 Å². The molecule has 0 spiro atoms. The smallest absolute Gasteiger partial charge is 0.348 e. The monoisotopic (exact) mass is 193 g/mol. The van der Waals surface area contributed by atoms with Gasteiger partial charge in [-0.15, -0.1) is 0 Å². The molecule has 3 nitrogen and oxygen atoms in total. The number of esters is 1. The number of carbonyl (C=O) groups excluding carboxylic acids is 1. The molecule has 1 aliphatic rings. The predicted octanol–water partition coefficient (Wildman–Crippen LogP) is 2.19. The zero-order valence-electron chi connectivity index (χ0n) is 8.89. The fourth-order valence-electron chi connectivity index (χ4n) is 2.00. The molecular formula is C11H15NO2. The van der Waals surface area contributed by atoms with Gasteiger partial charge in [-0.2, -0.15) is 5.26 Å². The largest absolute Gasteiger partial charge is 0.465 e. The summed E-state index contributed by atoms with van der Waals surface area (Å²) in [7, 11) is 1.31. The lowest BCUT2D eigenvalue weighted by molar-refractivity contribution is -0.135. The van der Waals surface area contributed by atoms with Gasteiger partial charge in [0.1, 0.15) is 11.6 Å². The lowest BCUT2D eigenvalue weighted by Crippen LogP contribution is -2.14. The molecule has 0 N–H and O–H groups in total. The van der Waals surface area contributed by atoms with Crippen molar-refractivity contribution in [3.8, 4) is 6.07 Å². The van der Waals surface area contributed by atoms with Gasteiger partial charge in [0.15, 0.2) is 0 Å². The second-order valence-electron chi connectivity index (χ2n) is 4.19. The van der Waals surface area contributed by atoms with E-state index in [-0.39, 0.29) is 11.0 Å². The Morgan fingerprint density at radius 2 is 2.21 bits per heavy atom. The quantitative estimate of drug-likeness (QED) is 0.364. The summed E-state index contributed by atoms with van der Waals surface area (Å²) in [5, 5.41) is 8.91. The number of rotatable bonds is 1. The Hall–Kier alpha value is -1.30. The number of allylic oxidation sites excluding steroid dienone is 1. The Morgan fingerprint density at radius 3 is 2.57 bits per heavy atom. The van der Waals surface area contributed by atoms with Crippen LogP contribution in [0.15, 0.2) is 11.1 Å². The molecule has 0 aliphatic heterocycles. The van der Waals surface area contributed by atoms with Gasteiger partial charge in [-0.1, -0.05) is 13.8 Å².